The summed E-state index contributed by atoms with van der Waals surface area (Å²) in [6, 6.07) is 7.87. The Morgan fingerprint density at radius 1 is 0.800 bits per heavy atom. The number of aliphatic hydroxyl groups excluding tert-OH is 5. The molecule has 0 spiro atoms. The third-order valence-corrected chi connectivity index (χ3v) is 3.33. The molecule has 1 aliphatic carbocycles. The molecule has 0 aromatic heterocycles. The zero-order valence-electron chi connectivity index (χ0n) is 10.4. The van der Waals surface area contributed by atoms with Gasteiger partial charge in [0.2, 0.25) is 0 Å². The zero-order valence-corrected chi connectivity index (χ0v) is 10.4. The minimum absolute atomic E-state index is 0.196. The Labute approximate surface area is 114 Å². The Kier molecular flexibility index (Phi) is 4.36. The molecule has 0 aliphatic heterocycles. The van der Waals surface area contributed by atoms with Crippen LogP contribution in [-0.2, 0) is 4.74 Å². The molecule has 7 nitrogen and oxygen atoms in total. The van der Waals surface area contributed by atoms with Gasteiger partial charge in [-0.2, -0.15) is 0 Å². The normalized spacial score (nSPS) is 37.5. The van der Waals surface area contributed by atoms with Crippen molar-refractivity contribution in [2.24, 2.45) is 0 Å². The maximum atomic E-state index is 11.8. The second-order valence-electron chi connectivity index (χ2n) is 4.69. The number of carbonyl (C=O) groups excluding carboxylic acids is 1. The predicted octanol–water partition coefficient (Wildman–Crippen LogP) is -1.97. The average molecular weight is 284 g/mol. The summed E-state index contributed by atoms with van der Waals surface area (Å²) >= 11 is 0. The van der Waals surface area contributed by atoms with Gasteiger partial charge in [0.05, 0.1) is 5.56 Å². The Hall–Kier alpha value is -1.51. The van der Waals surface area contributed by atoms with Gasteiger partial charge in [0.1, 0.15) is 30.5 Å². The lowest BCUT2D eigenvalue weighted by Gasteiger charge is -2.41. The number of rotatable bonds is 2. The summed E-state index contributed by atoms with van der Waals surface area (Å²) in [5, 5.41) is 47.9. The van der Waals surface area contributed by atoms with Crippen LogP contribution in [0.25, 0.3) is 0 Å². The SMILES string of the molecule is O=C(O[C@@H]1[C@@H](O)[C@H](O)[C@@H](O)[C@H](O)[C@@H]1O)c1ccccc1. The van der Waals surface area contributed by atoms with E-state index in [0.717, 1.165) is 0 Å². The summed E-state index contributed by atoms with van der Waals surface area (Å²) in [7, 11) is 0. The van der Waals surface area contributed by atoms with Crippen molar-refractivity contribution in [3.05, 3.63) is 35.9 Å². The largest absolute Gasteiger partial charge is 0.453 e. The Morgan fingerprint density at radius 3 is 1.75 bits per heavy atom. The van der Waals surface area contributed by atoms with Gasteiger partial charge in [0.15, 0.2) is 6.10 Å². The van der Waals surface area contributed by atoms with Crippen LogP contribution in [0.1, 0.15) is 10.4 Å². The number of hydrogen-bond donors (Lipinski definition) is 5. The molecule has 0 heterocycles. The third kappa shape index (κ3) is 2.67. The van der Waals surface area contributed by atoms with Crippen molar-refractivity contribution < 1.29 is 35.1 Å². The summed E-state index contributed by atoms with van der Waals surface area (Å²) in [6.07, 6.45) is -10.1. The fourth-order valence-electron chi connectivity index (χ4n) is 2.10. The molecule has 0 unspecified atom stereocenters. The zero-order chi connectivity index (χ0) is 14.9. The molecule has 1 aromatic carbocycles. The predicted molar refractivity (Wildman–Crippen MR) is 65.7 cm³/mol. The maximum absolute atomic E-state index is 11.8. The maximum Gasteiger partial charge on any atom is 0.338 e. The molecular formula is C13H16O7. The first-order valence-corrected chi connectivity index (χ1v) is 6.10. The summed E-state index contributed by atoms with van der Waals surface area (Å²) in [5.41, 5.74) is 0.196. The molecule has 0 amide bonds. The minimum atomic E-state index is -1.72. The number of ether oxygens (including phenoxy) is 1. The van der Waals surface area contributed by atoms with Crippen LogP contribution >= 0.6 is 0 Å². The molecule has 6 atom stereocenters. The number of carbonyl (C=O) groups is 1. The van der Waals surface area contributed by atoms with E-state index in [2.05, 4.69) is 0 Å². The first-order chi connectivity index (χ1) is 9.43. The molecular weight excluding hydrogens is 268 g/mol. The second kappa shape index (κ2) is 5.86. The summed E-state index contributed by atoms with van der Waals surface area (Å²) in [5.74, 6) is -0.815. The van der Waals surface area contributed by atoms with Crippen molar-refractivity contribution in [1.29, 1.82) is 0 Å². The van der Waals surface area contributed by atoms with Gasteiger partial charge < -0.3 is 30.3 Å². The van der Waals surface area contributed by atoms with Gasteiger partial charge in [-0.1, -0.05) is 18.2 Å². The first kappa shape index (κ1) is 14.9. The molecule has 1 saturated carbocycles. The van der Waals surface area contributed by atoms with Crippen LogP contribution in [0.3, 0.4) is 0 Å². The van der Waals surface area contributed by atoms with E-state index < -0.39 is 42.6 Å². The van der Waals surface area contributed by atoms with Crippen molar-refractivity contribution in [1.82, 2.24) is 0 Å². The van der Waals surface area contributed by atoms with Crippen LogP contribution < -0.4 is 0 Å². The van der Waals surface area contributed by atoms with E-state index in [4.69, 9.17) is 4.74 Å². The highest BCUT2D eigenvalue weighted by molar-refractivity contribution is 5.89. The third-order valence-electron chi connectivity index (χ3n) is 3.33. The average Bonchev–Trinajstić information content (AvgIpc) is 2.48. The van der Waals surface area contributed by atoms with E-state index in [1.165, 1.54) is 12.1 Å². The van der Waals surface area contributed by atoms with Gasteiger partial charge in [-0.25, -0.2) is 4.79 Å². The second-order valence-corrected chi connectivity index (χ2v) is 4.69. The smallest absolute Gasteiger partial charge is 0.338 e. The van der Waals surface area contributed by atoms with E-state index in [0.29, 0.717) is 0 Å². The molecule has 20 heavy (non-hydrogen) atoms. The Balaban J connectivity index is 2.13. The molecule has 110 valence electrons. The van der Waals surface area contributed by atoms with Crippen molar-refractivity contribution in [3.63, 3.8) is 0 Å². The molecule has 1 fully saturated rings. The highest BCUT2D eigenvalue weighted by Gasteiger charge is 2.50. The van der Waals surface area contributed by atoms with E-state index in [1.54, 1.807) is 18.2 Å². The van der Waals surface area contributed by atoms with Crippen molar-refractivity contribution in [2.75, 3.05) is 0 Å². The van der Waals surface area contributed by atoms with Crippen LogP contribution in [0.2, 0.25) is 0 Å². The number of benzene rings is 1. The quantitative estimate of drug-likeness (QED) is 0.399. The fraction of sp³-hybridized carbons (Fsp3) is 0.462. The number of esters is 1. The summed E-state index contributed by atoms with van der Waals surface area (Å²) < 4.78 is 4.92. The first-order valence-electron chi connectivity index (χ1n) is 6.10. The van der Waals surface area contributed by atoms with Gasteiger partial charge >= 0.3 is 5.97 Å². The fourth-order valence-corrected chi connectivity index (χ4v) is 2.10. The lowest BCUT2D eigenvalue weighted by Crippen LogP contribution is -2.64. The molecule has 5 N–H and O–H groups in total. The van der Waals surface area contributed by atoms with Crippen LogP contribution in [0, 0.1) is 0 Å². The van der Waals surface area contributed by atoms with Crippen molar-refractivity contribution in [2.45, 2.75) is 36.6 Å². The molecule has 0 radical (unpaired) electrons. The van der Waals surface area contributed by atoms with Crippen LogP contribution in [0.5, 0.6) is 0 Å². The molecule has 7 heteroatoms. The van der Waals surface area contributed by atoms with Crippen LogP contribution in [-0.4, -0.2) is 68.1 Å². The monoisotopic (exact) mass is 284 g/mol. The van der Waals surface area contributed by atoms with Crippen LogP contribution in [0.4, 0.5) is 0 Å². The highest BCUT2D eigenvalue weighted by atomic mass is 16.6. The van der Waals surface area contributed by atoms with Gasteiger partial charge in [-0.3, -0.25) is 0 Å². The van der Waals surface area contributed by atoms with Gasteiger partial charge in [-0.15, -0.1) is 0 Å². The molecule has 2 rings (SSSR count). The molecule has 1 aromatic rings. The van der Waals surface area contributed by atoms with Crippen molar-refractivity contribution >= 4 is 5.97 Å². The van der Waals surface area contributed by atoms with E-state index in [9.17, 15) is 30.3 Å². The molecule has 1 aliphatic rings. The number of hydrogen-bond acceptors (Lipinski definition) is 7. The van der Waals surface area contributed by atoms with E-state index in [-0.39, 0.29) is 5.56 Å². The Bertz CT molecular complexity index is 447. The Morgan fingerprint density at radius 2 is 1.25 bits per heavy atom. The van der Waals surface area contributed by atoms with Crippen LogP contribution in [0.15, 0.2) is 30.3 Å². The minimum Gasteiger partial charge on any atom is -0.453 e. The van der Waals surface area contributed by atoms with Gasteiger partial charge in [-0.05, 0) is 12.1 Å². The topological polar surface area (TPSA) is 127 Å². The molecule has 0 saturated heterocycles. The molecule has 0 bridgehead atoms. The highest BCUT2D eigenvalue weighted by Crippen LogP contribution is 2.24. The van der Waals surface area contributed by atoms with E-state index >= 15 is 0 Å². The van der Waals surface area contributed by atoms with E-state index in [1.807, 2.05) is 0 Å². The summed E-state index contributed by atoms with van der Waals surface area (Å²) in [4.78, 5) is 11.8. The lowest BCUT2D eigenvalue weighted by atomic mass is 9.85. The van der Waals surface area contributed by atoms with Crippen molar-refractivity contribution in [3.8, 4) is 0 Å². The standard InChI is InChI=1S/C13H16O7/c14-7-8(15)10(17)12(11(18)9(7)16)20-13(19)6-4-2-1-3-5-6/h1-5,7-12,14-18H/t7-,8-,9+,10-,11-,12-/m0/s1. The summed E-state index contributed by atoms with van der Waals surface area (Å²) in [6.45, 7) is 0. The van der Waals surface area contributed by atoms with Gasteiger partial charge in [0, 0.05) is 0 Å². The van der Waals surface area contributed by atoms with Gasteiger partial charge in [0.25, 0.3) is 0 Å². The number of aliphatic hydroxyl groups is 5. The lowest BCUT2D eigenvalue weighted by molar-refractivity contribution is -0.223.